The number of nitrogens with two attached hydrogens (primary N) is 1. The van der Waals surface area contributed by atoms with Crippen molar-refractivity contribution in [3.63, 3.8) is 0 Å². The van der Waals surface area contributed by atoms with Crippen LogP contribution in [-0.4, -0.2) is 41.0 Å². The van der Waals surface area contributed by atoms with Crippen LogP contribution in [0.15, 0.2) is 12.7 Å². The van der Waals surface area contributed by atoms with Gasteiger partial charge in [0.1, 0.15) is 0 Å². The van der Waals surface area contributed by atoms with Crippen molar-refractivity contribution in [3.8, 4) is 0 Å². The molecule has 1 saturated heterocycles. The number of likely N-dealkylation sites (tertiary alicyclic amines) is 1. The summed E-state index contributed by atoms with van der Waals surface area (Å²) in [6.07, 6.45) is 3.93. The van der Waals surface area contributed by atoms with E-state index >= 15 is 0 Å². The number of carbonyl (C=O) groups is 2. The Hall–Kier alpha value is -1.36. The summed E-state index contributed by atoms with van der Waals surface area (Å²) in [5, 5.41) is 8.74. The number of hydrogen-bond acceptors (Lipinski definition) is 3. The molecule has 96 valence electrons. The molecular weight excluding hydrogens is 220 g/mol. The van der Waals surface area contributed by atoms with Gasteiger partial charge in [0.05, 0.1) is 6.04 Å². The lowest BCUT2D eigenvalue weighted by Crippen LogP contribution is -2.48. The van der Waals surface area contributed by atoms with Gasteiger partial charge in [-0.25, -0.2) is 0 Å². The van der Waals surface area contributed by atoms with E-state index in [4.69, 9.17) is 10.8 Å². The Bertz CT molecular complexity index is 304. The van der Waals surface area contributed by atoms with Crippen molar-refractivity contribution in [2.45, 2.75) is 31.7 Å². The molecule has 1 aliphatic rings. The highest BCUT2D eigenvalue weighted by molar-refractivity contribution is 5.82. The Balaban J connectivity index is 2.50. The van der Waals surface area contributed by atoms with Crippen molar-refractivity contribution in [3.05, 3.63) is 12.7 Å². The Kier molecular flexibility index (Phi) is 5.15. The number of carbonyl (C=O) groups excluding carboxylic acids is 1. The van der Waals surface area contributed by atoms with Crippen molar-refractivity contribution in [1.29, 1.82) is 0 Å². The lowest BCUT2D eigenvalue weighted by atomic mass is 9.94. The van der Waals surface area contributed by atoms with Crippen LogP contribution in [0.5, 0.6) is 0 Å². The molecular formula is C12H20N2O3. The summed E-state index contributed by atoms with van der Waals surface area (Å²) in [5.74, 6) is -0.846. The standard InChI is InChI=1S/C12H20N2O3/c1-2-4-10(13)12(17)14-6-3-5-9(8-14)7-11(15)16/h2,9-10H,1,3-8,13H2,(H,15,16). The summed E-state index contributed by atoms with van der Waals surface area (Å²) < 4.78 is 0. The van der Waals surface area contributed by atoms with Gasteiger partial charge in [0.15, 0.2) is 0 Å². The minimum Gasteiger partial charge on any atom is -0.481 e. The van der Waals surface area contributed by atoms with Crippen molar-refractivity contribution in [2.75, 3.05) is 13.1 Å². The number of aliphatic carboxylic acids is 1. The van der Waals surface area contributed by atoms with Crippen LogP contribution in [0.4, 0.5) is 0 Å². The molecule has 0 aromatic heterocycles. The fourth-order valence-corrected chi connectivity index (χ4v) is 2.19. The number of rotatable bonds is 5. The molecule has 1 heterocycles. The molecule has 1 rings (SSSR count). The Morgan fingerprint density at radius 3 is 2.88 bits per heavy atom. The smallest absolute Gasteiger partial charge is 0.303 e. The van der Waals surface area contributed by atoms with E-state index in [1.807, 2.05) is 0 Å². The molecule has 0 radical (unpaired) electrons. The van der Waals surface area contributed by atoms with E-state index < -0.39 is 12.0 Å². The number of nitrogens with zero attached hydrogens (tertiary/aromatic N) is 1. The van der Waals surface area contributed by atoms with Gasteiger partial charge in [-0.15, -0.1) is 6.58 Å². The first kappa shape index (κ1) is 13.7. The highest BCUT2D eigenvalue weighted by atomic mass is 16.4. The SMILES string of the molecule is C=CCC(N)C(=O)N1CCCC(CC(=O)O)C1. The topological polar surface area (TPSA) is 83.6 Å². The second-order valence-electron chi connectivity index (χ2n) is 4.52. The lowest BCUT2D eigenvalue weighted by Gasteiger charge is -2.33. The third-order valence-electron chi connectivity index (χ3n) is 3.03. The summed E-state index contributed by atoms with van der Waals surface area (Å²) in [5.41, 5.74) is 5.73. The largest absolute Gasteiger partial charge is 0.481 e. The highest BCUT2D eigenvalue weighted by Crippen LogP contribution is 2.20. The lowest BCUT2D eigenvalue weighted by molar-refractivity contribution is -0.141. The maximum absolute atomic E-state index is 11.9. The molecule has 1 amide bonds. The van der Waals surface area contributed by atoms with Gasteiger partial charge in [-0.05, 0) is 25.2 Å². The molecule has 0 aromatic carbocycles. The number of hydrogen-bond donors (Lipinski definition) is 2. The molecule has 3 N–H and O–H groups in total. The molecule has 5 nitrogen and oxygen atoms in total. The van der Waals surface area contributed by atoms with E-state index in [0.29, 0.717) is 19.5 Å². The molecule has 0 spiro atoms. The van der Waals surface area contributed by atoms with E-state index in [1.165, 1.54) is 0 Å². The predicted molar refractivity (Wildman–Crippen MR) is 64.3 cm³/mol. The average Bonchev–Trinajstić information content (AvgIpc) is 2.28. The molecule has 0 bridgehead atoms. The molecule has 17 heavy (non-hydrogen) atoms. The maximum atomic E-state index is 11.9. The van der Waals surface area contributed by atoms with Crippen molar-refractivity contribution in [2.24, 2.45) is 11.7 Å². The summed E-state index contributed by atoms with van der Waals surface area (Å²) in [7, 11) is 0. The molecule has 2 atom stereocenters. The molecule has 1 aliphatic heterocycles. The third kappa shape index (κ3) is 4.19. The molecule has 5 heteroatoms. The van der Waals surface area contributed by atoms with Crippen LogP contribution in [0.3, 0.4) is 0 Å². The number of piperidine rings is 1. The highest BCUT2D eigenvalue weighted by Gasteiger charge is 2.27. The van der Waals surface area contributed by atoms with Crippen molar-refractivity contribution < 1.29 is 14.7 Å². The van der Waals surface area contributed by atoms with Gasteiger partial charge in [0, 0.05) is 19.5 Å². The predicted octanol–water partition coefficient (Wildman–Crippen LogP) is 0.603. The fourth-order valence-electron chi connectivity index (χ4n) is 2.19. The quantitative estimate of drug-likeness (QED) is 0.689. The van der Waals surface area contributed by atoms with Crippen molar-refractivity contribution in [1.82, 2.24) is 4.90 Å². The van der Waals surface area contributed by atoms with E-state index in [9.17, 15) is 9.59 Å². The van der Waals surface area contributed by atoms with Crippen LogP contribution in [-0.2, 0) is 9.59 Å². The van der Waals surface area contributed by atoms with E-state index in [1.54, 1.807) is 11.0 Å². The molecule has 0 aliphatic carbocycles. The first-order valence-electron chi connectivity index (χ1n) is 5.91. The van der Waals surface area contributed by atoms with Crippen LogP contribution in [0.2, 0.25) is 0 Å². The van der Waals surface area contributed by atoms with Gasteiger partial charge >= 0.3 is 5.97 Å². The van der Waals surface area contributed by atoms with Gasteiger partial charge in [-0.1, -0.05) is 6.08 Å². The summed E-state index contributed by atoms with van der Waals surface area (Å²) >= 11 is 0. The number of carboxylic acids is 1. The van der Waals surface area contributed by atoms with E-state index in [2.05, 4.69) is 6.58 Å². The average molecular weight is 240 g/mol. The Morgan fingerprint density at radius 1 is 1.59 bits per heavy atom. The fraction of sp³-hybridized carbons (Fsp3) is 0.667. The van der Waals surface area contributed by atoms with E-state index in [0.717, 1.165) is 12.8 Å². The third-order valence-corrected chi connectivity index (χ3v) is 3.03. The maximum Gasteiger partial charge on any atom is 0.303 e. The first-order chi connectivity index (χ1) is 8.04. The molecule has 2 unspecified atom stereocenters. The zero-order valence-electron chi connectivity index (χ0n) is 9.97. The van der Waals surface area contributed by atoms with Crippen LogP contribution >= 0.6 is 0 Å². The number of amides is 1. The monoisotopic (exact) mass is 240 g/mol. The minimum absolute atomic E-state index is 0.0566. The zero-order valence-corrected chi connectivity index (χ0v) is 9.97. The van der Waals surface area contributed by atoms with Gasteiger partial charge in [0.2, 0.25) is 5.91 Å². The van der Waals surface area contributed by atoms with Crippen LogP contribution in [0, 0.1) is 5.92 Å². The molecule has 0 saturated carbocycles. The minimum atomic E-state index is -0.806. The van der Waals surface area contributed by atoms with Gasteiger partial charge in [-0.3, -0.25) is 9.59 Å². The van der Waals surface area contributed by atoms with Gasteiger partial charge < -0.3 is 15.7 Å². The summed E-state index contributed by atoms with van der Waals surface area (Å²) in [6.45, 7) is 4.74. The zero-order chi connectivity index (χ0) is 12.8. The van der Waals surface area contributed by atoms with Crippen LogP contribution < -0.4 is 5.73 Å². The summed E-state index contributed by atoms with van der Waals surface area (Å²) in [4.78, 5) is 24.2. The molecule has 0 aromatic rings. The Labute approximate surface area is 101 Å². The summed E-state index contributed by atoms with van der Waals surface area (Å²) in [6, 6.07) is -0.545. The van der Waals surface area contributed by atoms with Crippen LogP contribution in [0.25, 0.3) is 0 Å². The van der Waals surface area contributed by atoms with Crippen molar-refractivity contribution >= 4 is 11.9 Å². The second kappa shape index (κ2) is 6.39. The number of carboxylic acid groups (broad SMARTS) is 1. The van der Waals surface area contributed by atoms with Crippen LogP contribution in [0.1, 0.15) is 25.7 Å². The van der Waals surface area contributed by atoms with Gasteiger partial charge in [0.25, 0.3) is 0 Å². The van der Waals surface area contributed by atoms with Gasteiger partial charge in [-0.2, -0.15) is 0 Å². The molecule has 1 fully saturated rings. The first-order valence-corrected chi connectivity index (χ1v) is 5.91. The Morgan fingerprint density at radius 2 is 2.29 bits per heavy atom. The normalized spacial score (nSPS) is 21.9. The second-order valence-corrected chi connectivity index (χ2v) is 4.52. The van der Waals surface area contributed by atoms with E-state index in [-0.39, 0.29) is 18.2 Å².